The Balaban J connectivity index is 1.51. The summed E-state index contributed by atoms with van der Waals surface area (Å²) >= 11 is 0. The SMILES string of the molecule is CC(=O)NC1C(OCCOCCOCCNC(=O)CN(CCCN(CC(=O)NCCOCCOCCOC2OC(CO)C(O)C(O)C2NC(C)=O)CC(=O)NCCOCCOCCOC2OC(CO)C(O)C(O)C2NC(C)=O)CCOP(=O)([O-])OC(C)(C)C)OC(CO)C(O)C1O. The Morgan fingerprint density at radius 2 is 0.722 bits per heavy atom. The zero-order valence-electron chi connectivity index (χ0n) is 56.0. The summed E-state index contributed by atoms with van der Waals surface area (Å²) in [6.07, 6.45) is -15.6. The number of carbonyl (C=O) groups excluding carboxylic acids is 6. The molecule has 40 heteroatoms. The van der Waals surface area contributed by atoms with Gasteiger partial charge in [0.25, 0.3) is 7.82 Å². The van der Waals surface area contributed by atoms with Crippen LogP contribution in [0.3, 0.4) is 0 Å². The van der Waals surface area contributed by atoms with Crippen LogP contribution in [0.15, 0.2) is 0 Å². The van der Waals surface area contributed by atoms with Crippen LogP contribution < -0.4 is 36.8 Å². The second-order valence-electron chi connectivity index (χ2n) is 23.5. The van der Waals surface area contributed by atoms with Gasteiger partial charge in [-0.05, 0) is 33.7 Å². The monoisotopic (exact) mass is 1430 g/mol. The van der Waals surface area contributed by atoms with Crippen LogP contribution in [0.4, 0.5) is 0 Å². The zero-order chi connectivity index (χ0) is 71.9. The molecule has 0 aromatic heterocycles. The molecular formula is C57H106N8O31P-. The molecule has 0 bridgehead atoms. The van der Waals surface area contributed by atoms with Gasteiger partial charge in [0.15, 0.2) is 18.9 Å². The standard InChI is InChI=1S/C57H107N8O31P/c1-36(69)61-45-51(78)48(75)39(33-66)93-54(45)89-27-24-86-21-18-83-14-8-58-42(72)30-64(13-17-92-97(81,82)96-57(4,5)6)11-7-12-65(31-43(73)59-9-15-84-19-22-87-25-28-90-55-46(62-37(2)70)52(79)49(76)40(34-67)94-55)32-44(74)60-10-16-85-20-23-88-26-29-91-56-47(63-38(3)71)53(80)50(77)41(35-68)95-56/h39-41,45-56,66-68,75-80H,7-35H2,1-6H3,(H,58,72)(H,59,73)(H,60,74)(H,61,69)(H,62,70)(H,63,71)(H,81,82)/p-1. The molecule has 0 aliphatic carbocycles. The maximum absolute atomic E-state index is 13.3. The summed E-state index contributed by atoms with van der Waals surface area (Å²) in [6, 6.07) is -3.34. The van der Waals surface area contributed by atoms with Gasteiger partial charge in [0.2, 0.25) is 35.4 Å². The lowest BCUT2D eigenvalue weighted by Gasteiger charge is -2.42. The number of amides is 6. The molecular weight excluding hydrogens is 1320 g/mol. The first-order chi connectivity index (χ1) is 46.1. The van der Waals surface area contributed by atoms with Crippen molar-refractivity contribution in [2.75, 3.05) is 184 Å². The maximum atomic E-state index is 13.3. The molecule has 3 saturated heterocycles. The highest BCUT2D eigenvalue weighted by Crippen LogP contribution is 2.42. The van der Waals surface area contributed by atoms with E-state index in [1.807, 2.05) is 0 Å². The molecule has 39 nitrogen and oxygen atoms in total. The molecule has 3 aliphatic heterocycles. The summed E-state index contributed by atoms with van der Waals surface area (Å²) in [5, 5.41) is 106. The molecule has 97 heavy (non-hydrogen) atoms. The van der Waals surface area contributed by atoms with E-state index in [0.717, 1.165) is 0 Å². The molecule has 3 aliphatic rings. The van der Waals surface area contributed by atoms with E-state index in [-0.39, 0.29) is 171 Å². The smallest absolute Gasteiger partial charge is 0.268 e. The fraction of sp³-hybridized carbons (Fsp3) is 0.895. The van der Waals surface area contributed by atoms with E-state index in [2.05, 4.69) is 31.9 Å². The Labute approximate surface area is 563 Å². The molecule has 16 unspecified atom stereocenters. The molecule has 0 saturated carbocycles. The summed E-state index contributed by atoms with van der Waals surface area (Å²) in [5.74, 6) is -2.90. The van der Waals surface area contributed by atoms with Gasteiger partial charge in [-0.2, -0.15) is 0 Å². The lowest BCUT2D eigenvalue weighted by Crippen LogP contribution is -2.64. The molecule has 15 N–H and O–H groups in total. The average Bonchev–Trinajstić information content (AvgIpc) is 0.825. The minimum absolute atomic E-state index is 0.0396. The number of nitrogens with one attached hydrogen (secondary N) is 6. The highest BCUT2D eigenvalue weighted by molar-refractivity contribution is 7.45. The lowest BCUT2D eigenvalue weighted by molar-refractivity contribution is -0.272. The van der Waals surface area contributed by atoms with Gasteiger partial charge >= 0.3 is 0 Å². The van der Waals surface area contributed by atoms with Crippen molar-refractivity contribution in [3.05, 3.63) is 0 Å². The third-order valence-electron chi connectivity index (χ3n) is 14.2. The van der Waals surface area contributed by atoms with E-state index in [1.54, 1.807) is 9.80 Å². The highest BCUT2D eigenvalue weighted by atomic mass is 31.2. The molecule has 0 aromatic rings. The van der Waals surface area contributed by atoms with Crippen LogP contribution in [0, 0.1) is 0 Å². The molecule has 566 valence electrons. The summed E-state index contributed by atoms with van der Waals surface area (Å²) < 4.78 is 89.6. The number of hydrogen-bond acceptors (Lipinski definition) is 33. The summed E-state index contributed by atoms with van der Waals surface area (Å²) in [5.41, 5.74) is -1.09. The number of rotatable bonds is 51. The first-order valence-corrected chi connectivity index (χ1v) is 33.5. The predicted molar refractivity (Wildman–Crippen MR) is 330 cm³/mol. The number of hydrogen-bond donors (Lipinski definition) is 15. The van der Waals surface area contributed by atoms with Crippen LogP contribution in [-0.4, -0.2) is 373 Å². The van der Waals surface area contributed by atoms with Crippen molar-refractivity contribution < 1.29 is 150 Å². The average molecular weight is 1430 g/mol. The minimum atomic E-state index is -4.77. The predicted octanol–water partition coefficient (Wildman–Crippen LogP) is -9.39. The fourth-order valence-corrected chi connectivity index (χ4v) is 10.7. The first kappa shape index (κ1) is 87.2. The van der Waals surface area contributed by atoms with Gasteiger partial charge in [0.1, 0.15) is 73.1 Å². The number of aliphatic hydroxyl groups is 9. The zero-order valence-corrected chi connectivity index (χ0v) is 56.9. The molecule has 6 amide bonds. The number of phosphoric acid groups is 1. The van der Waals surface area contributed by atoms with Crippen LogP contribution in [0.1, 0.15) is 48.0 Å². The third-order valence-corrected chi connectivity index (χ3v) is 15.5. The Morgan fingerprint density at radius 1 is 0.433 bits per heavy atom. The van der Waals surface area contributed by atoms with Gasteiger partial charge in [-0.15, -0.1) is 0 Å². The van der Waals surface area contributed by atoms with E-state index >= 15 is 0 Å². The van der Waals surface area contributed by atoms with Gasteiger partial charge in [-0.3, -0.25) is 43.1 Å². The van der Waals surface area contributed by atoms with Crippen molar-refractivity contribution >= 4 is 43.3 Å². The van der Waals surface area contributed by atoms with E-state index in [4.69, 9.17) is 65.9 Å². The minimum Gasteiger partial charge on any atom is -0.756 e. The fourth-order valence-electron chi connectivity index (χ4n) is 9.68. The van der Waals surface area contributed by atoms with E-state index < -0.39 is 161 Å². The summed E-state index contributed by atoms with van der Waals surface area (Å²) in [6.45, 7) is 6.60. The number of phosphoric ester groups is 1. The van der Waals surface area contributed by atoms with Crippen molar-refractivity contribution in [3.8, 4) is 0 Å². The number of ether oxygens (including phenoxy) is 12. The second-order valence-corrected chi connectivity index (χ2v) is 24.8. The van der Waals surface area contributed by atoms with Crippen LogP contribution in [0.5, 0.6) is 0 Å². The molecule has 16 atom stereocenters. The summed E-state index contributed by atoms with van der Waals surface area (Å²) in [7, 11) is -4.77. The molecule has 0 radical (unpaired) electrons. The third kappa shape index (κ3) is 35.9. The summed E-state index contributed by atoms with van der Waals surface area (Å²) in [4.78, 5) is 90.8. The highest BCUT2D eigenvalue weighted by Gasteiger charge is 2.48. The Kier molecular flexibility index (Phi) is 43.2. The topological polar surface area (TPSA) is 533 Å². The normalized spacial score (nSPS) is 26.7. The Morgan fingerprint density at radius 3 is 1.02 bits per heavy atom. The van der Waals surface area contributed by atoms with Crippen LogP contribution in [0.25, 0.3) is 0 Å². The Hall–Kier alpha value is -3.99. The van der Waals surface area contributed by atoms with Gasteiger partial charge in [-0.25, -0.2) is 0 Å². The van der Waals surface area contributed by atoms with Gasteiger partial charge in [0.05, 0.1) is 151 Å². The van der Waals surface area contributed by atoms with Crippen LogP contribution >= 0.6 is 7.82 Å². The molecule has 3 heterocycles. The van der Waals surface area contributed by atoms with Crippen molar-refractivity contribution in [1.82, 2.24) is 41.7 Å². The van der Waals surface area contributed by atoms with Gasteiger partial charge in [0, 0.05) is 53.5 Å². The van der Waals surface area contributed by atoms with Gasteiger partial charge in [-0.1, -0.05) is 0 Å². The molecule has 3 rings (SSSR count). The number of nitrogens with zero attached hydrogens (tertiary/aromatic N) is 2. The molecule has 3 fully saturated rings. The molecule has 0 aromatic carbocycles. The first-order valence-electron chi connectivity index (χ1n) is 32.0. The molecule has 0 spiro atoms. The second kappa shape index (κ2) is 48.0. The number of carbonyl (C=O) groups is 6. The van der Waals surface area contributed by atoms with Crippen LogP contribution in [0.2, 0.25) is 0 Å². The van der Waals surface area contributed by atoms with Crippen molar-refractivity contribution in [2.45, 2.75) is 145 Å². The maximum Gasteiger partial charge on any atom is 0.268 e. The Bertz CT molecular complexity index is 2210. The van der Waals surface area contributed by atoms with Crippen molar-refractivity contribution in [1.29, 1.82) is 0 Å². The number of aliphatic hydroxyl groups excluding tert-OH is 9. The van der Waals surface area contributed by atoms with E-state index in [1.165, 1.54) is 41.5 Å². The van der Waals surface area contributed by atoms with Crippen LogP contribution in [-0.2, 0) is 99.2 Å². The lowest BCUT2D eigenvalue weighted by atomic mass is 9.97. The van der Waals surface area contributed by atoms with E-state index in [9.17, 15) is 84.2 Å². The van der Waals surface area contributed by atoms with Crippen molar-refractivity contribution in [2.24, 2.45) is 0 Å². The van der Waals surface area contributed by atoms with Crippen molar-refractivity contribution in [3.63, 3.8) is 0 Å². The van der Waals surface area contributed by atoms with E-state index in [0.29, 0.717) is 0 Å². The quantitative estimate of drug-likeness (QED) is 0.0199. The largest absolute Gasteiger partial charge is 0.756 e. The van der Waals surface area contributed by atoms with Gasteiger partial charge < -0.3 is 149 Å².